The van der Waals surface area contributed by atoms with E-state index in [1.807, 2.05) is 33.0 Å². The Labute approximate surface area is 122 Å². The third kappa shape index (κ3) is 2.83. The van der Waals surface area contributed by atoms with Gasteiger partial charge in [0.2, 0.25) is 10.0 Å². The van der Waals surface area contributed by atoms with Crippen LogP contribution in [-0.2, 0) is 10.0 Å². The highest BCUT2D eigenvalue weighted by Gasteiger charge is 2.29. The van der Waals surface area contributed by atoms with Crippen LogP contribution in [0.2, 0.25) is 0 Å². The summed E-state index contributed by atoms with van der Waals surface area (Å²) >= 11 is 0. The normalized spacial score (nSPS) is 16.2. The Balaban J connectivity index is 2.33. The standard InChI is InChI=1S/C15H24N2O2S/c1-11-8-14(16-3)9-12(2)15(11)20(18,19)17(4)10-13-6-5-7-13/h8-9,13,16H,5-7,10H2,1-4H3. The molecule has 1 fully saturated rings. The highest BCUT2D eigenvalue weighted by molar-refractivity contribution is 7.89. The minimum atomic E-state index is -3.39. The lowest BCUT2D eigenvalue weighted by Gasteiger charge is -2.30. The lowest BCUT2D eigenvalue weighted by molar-refractivity contribution is 0.263. The van der Waals surface area contributed by atoms with Gasteiger partial charge in [-0.25, -0.2) is 12.7 Å². The molecule has 0 spiro atoms. The zero-order valence-electron chi connectivity index (χ0n) is 12.7. The van der Waals surface area contributed by atoms with Crippen molar-refractivity contribution in [2.75, 3.05) is 26.0 Å². The van der Waals surface area contributed by atoms with Gasteiger partial charge in [0.1, 0.15) is 0 Å². The molecule has 1 aromatic carbocycles. The fourth-order valence-electron chi connectivity index (χ4n) is 2.79. The van der Waals surface area contributed by atoms with Gasteiger partial charge in [0.15, 0.2) is 0 Å². The van der Waals surface area contributed by atoms with E-state index >= 15 is 0 Å². The Morgan fingerprint density at radius 1 is 1.25 bits per heavy atom. The van der Waals surface area contributed by atoms with E-state index in [0.717, 1.165) is 29.7 Å². The van der Waals surface area contributed by atoms with Crippen molar-refractivity contribution in [1.82, 2.24) is 4.31 Å². The van der Waals surface area contributed by atoms with Gasteiger partial charge >= 0.3 is 0 Å². The van der Waals surface area contributed by atoms with Gasteiger partial charge in [0, 0.05) is 26.3 Å². The summed E-state index contributed by atoms with van der Waals surface area (Å²) in [4.78, 5) is 0.457. The van der Waals surface area contributed by atoms with Crippen LogP contribution in [0.1, 0.15) is 30.4 Å². The summed E-state index contributed by atoms with van der Waals surface area (Å²) in [6.07, 6.45) is 3.53. The highest BCUT2D eigenvalue weighted by atomic mass is 32.2. The minimum absolute atomic E-state index is 0.457. The van der Waals surface area contributed by atoms with Gasteiger partial charge in [0.05, 0.1) is 4.90 Å². The second-order valence-electron chi connectivity index (χ2n) is 5.77. The zero-order chi connectivity index (χ0) is 14.9. The Kier molecular flexibility index (Phi) is 4.39. The van der Waals surface area contributed by atoms with Crippen LogP contribution in [-0.4, -0.2) is 33.4 Å². The molecule has 4 nitrogen and oxygen atoms in total. The number of sulfonamides is 1. The fraction of sp³-hybridized carbons (Fsp3) is 0.600. The van der Waals surface area contributed by atoms with E-state index in [-0.39, 0.29) is 0 Å². The molecule has 0 saturated heterocycles. The first-order valence-corrected chi connectivity index (χ1v) is 8.55. The molecular weight excluding hydrogens is 272 g/mol. The maximum atomic E-state index is 12.8. The van der Waals surface area contributed by atoms with Gasteiger partial charge in [-0.3, -0.25) is 0 Å². The first-order chi connectivity index (χ1) is 9.36. The molecule has 112 valence electrons. The lowest BCUT2D eigenvalue weighted by Crippen LogP contribution is -2.35. The monoisotopic (exact) mass is 296 g/mol. The van der Waals surface area contributed by atoms with Crippen molar-refractivity contribution < 1.29 is 8.42 Å². The van der Waals surface area contributed by atoms with Gasteiger partial charge in [-0.1, -0.05) is 6.42 Å². The van der Waals surface area contributed by atoms with Crippen LogP contribution < -0.4 is 5.32 Å². The van der Waals surface area contributed by atoms with Crippen LogP contribution in [0, 0.1) is 19.8 Å². The Hall–Kier alpha value is -1.07. The third-order valence-corrected chi connectivity index (χ3v) is 6.29. The van der Waals surface area contributed by atoms with Crippen molar-refractivity contribution in [3.63, 3.8) is 0 Å². The van der Waals surface area contributed by atoms with E-state index in [0.29, 0.717) is 17.4 Å². The number of rotatable bonds is 5. The summed E-state index contributed by atoms with van der Waals surface area (Å²) in [6.45, 7) is 4.35. The topological polar surface area (TPSA) is 49.4 Å². The summed E-state index contributed by atoms with van der Waals surface area (Å²) in [7, 11) is 0.140. The molecule has 0 unspecified atom stereocenters. The van der Waals surface area contributed by atoms with Crippen LogP contribution in [0.5, 0.6) is 0 Å². The number of aryl methyl sites for hydroxylation is 2. The smallest absolute Gasteiger partial charge is 0.243 e. The molecule has 0 bridgehead atoms. The van der Waals surface area contributed by atoms with Crippen LogP contribution >= 0.6 is 0 Å². The van der Waals surface area contributed by atoms with Crippen LogP contribution in [0.4, 0.5) is 5.69 Å². The summed E-state index contributed by atoms with van der Waals surface area (Å²) in [5.41, 5.74) is 2.55. The Morgan fingerprint density at radius 2 is 1.80 bits per heavy atom. The van der Waals surface area contributed by atoms with Gasteiger partial charge in [-0.15, -0.1) is 0 Å². The second-order valence-corrected chi connectivity index (χ2v) is 7.75. The molecule has 0 radical (unpaired) electrons. The van der Waals surface area contributed by atoms with Gasteiger partial charge < -0.3 is 5.32 Å². The molecule has 0 atom stereocenters. The molecule has 0 amide bonds. The van der Waals surface area contributed by atoms with E-state index in [1.54, 1.807) is 7.05 Å². The molecule has 20 heavy (non-hydrogen) atoms. The molecule has 1 aliphatic rings. The van der Waals surface area contributed by atoms with E-state index in [9.17, 15) is 8.42 Å². The summed E-state index contributed by atoms with van der Waals surface area (Å²) < 4.78 is 27.0. The molecule has 0 aliphatic heterocycles. The third-order valence-electron chi connectivity index (χ3n) is 4.16. The molecule has 0 aromatic heterocycles. The maximum Gasteiger partial charge on any atom is 0.243 e. The Morgan fingerprint density at radius 3 is 2.20 bits per heavy atom. The summed E-state index contributed by atoms with van der Waals surface area (Å²) in [5.74, 6) is 0.534. The highest BCUT2D eigenvalue weighted by Crippen LogP contribution is 2.31. The first kappa shape index (κ1) is 15.3. The molecular formula is C15H24N2O2S. The van der Waals surface area contributed by atoms with Crippen molar-refractivity contribution >= 4 is 15.7 Å². The molecule has 1 N–H and O–H groups in total. The average molecular weight is 296 g/mol. The van der Waals surface area contributed by atoms with Crippen molar-refractivity contribution in [2.45, 2.75) is 38.0 Å². The van der Waals surface area contributed by atoms with Crippen LogP contribution in [0.15, 0.2) is 17.0 Å². The number of hydrogen-bond donors (Lipinski definition) is 1. The predicted molar refractivity (Wildman–Crippen MR) is 82.6 cm³/mol. The second kappa shape index (κ2) is 5.74. The quantitative estimate of drug-likeness (QED) is 0.909. The van der Waals surface area contributed by atoms with Crippen molar-refractivity contribution in [3.05, 3.63) is 23.3 Å². The SMILES string of the molecule is CNc1cc(C)c(S(=O)(=O)N(C)CC2CCC2)c(C)c1. The van der Waals surface area contributed by atoms with E-state index in [2.05, 4.69) is 5.32 Å². The van der Waals surface area contributed by atoms with Gasteiger partial charge in [-0.05, 0) is 55.9 Å². The maximum absolute atomic E-state index is 12.8. The molecule has 1 aliphatic carbocycles. The summed E-state index contributed by atoms with van der Waals surface area (Å²) in [6, 6.07) is 3.77. The van der Waals surface area contributed by atoms with E-state index < -0.39 is 10.0 Å². The van der Waals surface area contributed by atoms with Crippen LogP contribution in [0.3, 0.4) is 0 Å². The molecule has 1 saturated carbocycles. The zero-order valence-corrected chi connectivity index (χ0v) is 13.5. The molecule has 1 aromatic rings. The van der Waals surface area contributed by atoms with Crippen molar-refractivity contribution in [2.24, 2.45) is 5.92 Å². The van der Waals surface area contributed by atoms with Crippen molar-refractivity contribution in [3.8, 4) is 0 Å². The molecule has 2 rings (SSSR count). The molecule has 0 heterocycles. The number of benzene rings is 1. The number of nitrogens with one attached hydrogen (secondary N) is 1. The average Bonchev–Trinajstić information content (AvgIpc) is 2.31. The number of anilines is 1. The van der Waals surface area contributed by atoms with E-state index in [1.165, 1.54) is 10.7 Å². The lowest BCUT2D eigenvalue weighted by atomic mass is 9.86. The summed E-state index contributed by atoms with van der Waals surface area (Å²) in [5, 5.41) is 3.06. The number of nitrogens with zero attached hydrogens (tertiary/aromatic N) is 1. The van der Waals surface area contributed by atoms with Crippen LogP contribution in [0.25, 0.3) is 0 Å². The fourth-order valence-corrected chi connectivity index (χ4v) is 4.44. The minimum Gasteiger partial charge on any atom is -0.388 e. The van der Waals surface area contributed by atoms with Gasteiger partial charge in [0.25, 0.3) is 0 Å². The van der Waals surface area contributed by atoms with Gasteiger partial charge in [-0.2, -0.15) is 0 Å². The Bertz CT molecular complexity index is 569. The first-order valence-electron chi connectivity index (χ1n) is 7.11. The molecule has 5 heteroatoms. The predicted octanol–water partition coefficient (Wildman–Crippen LogP) is 2.77. The number of hydrogen-bond acceptors (Lipinski definition) is 3. The van der Waals surface area contributed by atoms with Crippen molar-refractivity contribution in [1.29, 1.82) is 0 Å². The largest absolute Gasteiger partial charge is 0.388 e. The van der Waals surface area contributed by atoms with E-state index in [4.69, 9.17) is 0 Å².